The Morgan fingerprint density at radius 1 is 1.04 bits per heavy atom. The molecule has 25 heavy (non-hydrogen) atoms. The van der Waals surface area contributed by atoms with E-state index in [9.17, 15) is 9.18 Å². The third-order valence-electron chi connectivity index (χ3n) is 3.67. The Hall–Kier alpha value is -3.41. The summed E-state index contributed by atoms with van der Waals surface area (Å²) in [5, 5.41) is 4.79. The first kappa shape index (κ1) is 15.1. The normalized spacial score (nSPS) is 10.9. The molecule has 6 heteroatoms. The first-order valence-corrected chi connectivity index (χ1v) is 7.57. The van der Waals surface area contributed by atoms with Crippen LogP contribution < -0.4 is 0 Å². The lowest BCUT2D eigenvalue weighted by atomic mass is 10.2. The second-order valence-corrected chi connectivity index (χ2v) is 5.39. The zero-order valence-electron chi connectivity index (χ0n) is 12.9. The molecule has 124 valence electrons. The maximum Gasteiger partial charge on any atom is 0.341 e. The largest absolute Gasteiger partial charge is 0.455 e. The molecule has 0 bridgehead atoms. The molecule has 0 fully saturated rings. The number of nitrogens with zero attached hydrogens (tertiary/aromatic N) is 1. The van der Waals surface area contributed by atoms with E-state index < -0.39 is 11.8 Å². The van der Waals surface area contributed by atoms with Gasteiger partial charge < -0.3 is 13.7 Å². The summed E-state index contributed by atoms with van der Waals surface area (Å²) < 4.78 is 29.5. The Morgan fingerprint density at radius 3 is 2.68 bits per heavy atom. The molecule has 0 aliphatic carbocycles. The topological polar surface area (TPSA) is 65.5 Å². The molecule has 0 spiro atoms. The number of fused-ring (bicyclic) bond motifs is 1. The predicted molar refractivity (Wildman–Crippen MR) is 87.2 cm³/mol. The van der Waals surface area contributed by atoms with Crippen LogP contribution in [0.4, 0.5) is 4.39 Å². The summed E-state index contributed by atoms with van der Waals surface area (Å²) in [7, 11) is 0. The van der Waals surface area contributed by atoms with Crippen LogP contribution in [-0.2, 0) is 11.3 Å². The van der Waals surface area contributed by atoms with Crippen LogP contribution in [-0.4, -0.2) is 11.1 Å². The van der Waals surface area contributed by atoms with E-state index in [1.165, 1.54) is 18.2 Å². The summed E-state index contributed by atoms with van der Waals surface area (Å²) in [6, 6.07) is 16.7. The lowest BCUT2D eigenvalue weighted by molar-refractivity contribution is 0.0459. The molecule has 0 radical (unpaired) electrons. The first-order valence-electron chi connectivity index (χ1n) is 7.57. The number of benzene rings is 2. The molecule has 0 unspecified atom stereocenters. The highest BCUT2D eigenvalue weighted by molar-refractivity contribution is 5.89. The molecule has 2 aromatic carbocycles. The maximum atomic E-state index is 13.5. The van der Waals surface area contributed by atoms with Crippen molar-refractivity contribution in [1.29, 1.82) is 0 Å². The summed E-state index contributed by atoms with van der Waals surface area (Å²) >= 11 is 0. The van der Waals surface area contributed by atoms with Crippen LogP contribution in [0.25, 0.3) is 22.5 Å². The zero-order chi connectivity index (χ0) is 17.2. The number of rotatable bonds is 4. The van der Waals surface area contributed by atoms with E-state index in [1.54, 1.807) is 12.1 Å². The molecule has 2 heterocycles. The van der Waals surface area contributed by atoms with E-state index in [-0.39, 0.29) is 12.2 Å². The Balaban J connectivity index is 1.48. The number of para-hydroxylation sites is 1. The van der Waals surface area contributed by atoms with Crippen molar-refractivity contribution in [2.45, 2.75) is 6.61 Å². The predicted octanol–water partition coefficient (Wildman–Crippen LogP) is 4.58. The molecule has 0 saturated carbocycles. The van der Waals surface area contributed by atoms with Crippen molar-refractivity contribution in [3.05, 3.63) is 77.7 Å². The second kappa shape index (κ2) is 6.24. The smallest absolute Gasteiger partial charge is 0.341 e. The highest BCUT2D eigenvalue weighted by Gasteiger charge is 2.15. The van der Waals surface area contributed by atoms with E-state index in [0.717, 1.165) is 11.0 Å². The number of aromatic nitrogens is 1. The van der Waals surface area contributed by atoms with Gasteiger partial charge in [-0.05, 0) is 24.3 Å². The molecule has 5 nitrogen and oxygen atoms in total. The maximum absolute atomic E-state index is 13.5. The molecule has 0 aliphatic heterocycles. The summed E-state index contributed by atoms with van der Waals surface area (Å²) in [5.41, 5.74) is 1.02. The van der Waals surface area contributed by atoms with Gasteiger partial charge in [0, 0.05) is 11.5 Å². The second-order valence-electron chi connectivity index (χ2n) is 5.39. The van der Waals surface area contributed by atoms with Gasteiger partial charge in [0.2, 0.25) is 5.76 Å². The van der Waals surface area contributed by atoms with Crippen molar-refractivity contribution < 1.29 is 22.9 Å². The van der Waals surface area contributed by atoms with Gasteiger partial charge in [-0.25, -0.2) is 9.18 Å². The molecule has 2 aromatic heterocycles. The van der Waals surface area contributed by atoms with Gasteiger partial charge in [-0.1, -0.05) is 35.5 Å². The summed E-state index contributed by atoms with van der Waals surface area (Å²) in [4.78, 5) is 11.9. The van der Waals surface area contributed by atoms with Crippen molar-refractivity contribution in [3.8, 4) is 11.5 Å². The number of carbonyl (C=O) groups is 1. The molecule has 0 saturated heterocycles. The van der Waals surface area contributed by atoms with E-state index in [1.807, 2.05) is 30.3 Å². The lowest BCUT2D eigenvalue weighted by Crippen LogP contribution is -2.07. The Kier molecular flexibility index (Phi) is 3.78. The monoisotopic (exact) mass is 337 g/mol. The van der Waals surface area contributed by atoms with Gasteiger partial charge in [-0.15, -0.1) is 0 Å². The zero-order valence-corrected chi connectivity index (χ0v) is 12.9. The van der Waals surface area contributed by atoms with Gasteiger partial charge in [0.25, 0.3) is 0 Å². The number of ether oxygens (including phenoxy) is 1. The van der Waals surface area contributed by atoms with Crippen molar-refractivity contribution >= 4 is 16.9 Å². The average Bonchev–Trinajstić information content (AvgIpc) is 3.26. The fourth-order valence-electron chi connectivity index (χ4n) is 2.44. The summed E-state index contributed by atoms with van der Waals surface area (Å²) in [5.74, 6) is -0.435. The van der Waals surface area contributed by atoms with Gasteiger partial charge >= 0.3 is 5.97 Å². The third kappa shape index (κ3) is 3.01. The molecule has 0 atom stereocenters. The summed E-state index contributed by atoms with van der Waals surface area (Å²) in [6.07, 6.45) is 0. The van der Waals surface area contributed by atoms with Crippen LogP contribution in [0.3, 0.4) is 0 Å². The van der Waals surface area contributed by atoms with Crippen LogP contribution >= 0.6 is 0 Å². The van der Waals surface area contributed by atoms with Crippen LogP contribution in [0.2, 0.25) is 0 Å². The van der Waals surface area contributed by atoms with Crippen LogP contribution in [0.1, 0.15) is 16.1 Å². The van der Waals surface area contributed by atoms with Crippen molar-refractivity contribution in [3.63, 3.8) is 0 Å². The molecule has 4 rings (SSSR count). The van der Waals surface area contributed by atoms with Crippen LogP contribution in [0.5, 0.6) is 0 Å². The third-order valence-corrected chi connectivity index (χ3v) is 3.67. The van der Waals surface area contributed by atoms with Gasteiger partial charge in [0.1, 0.15) is 23.7 Å². The van der Waals surface area contributed by atoms with Gasteiger partial charge in [-0.3, -0.25) is 0 Å². The number of halogens is 1. The van der Waals surface area contributed by atoms with Gasteiger partial charge in [-0.2, -0.15) is 0 Å². The van der Waals surface area contributed by atoms with Gasteiger partial charge in [0.15, 0.2) is 5.76 Å². The highest BCUT2D eigenvalue weighted by Crippen LogP contribution is 2.28. The Labute approximate surface area is 141 Å². The molecule has 0 N–H and O–H groups in total. The van der Waals surface area contributed by atoms with Crippen LogP contribution in [0.15, 0.2) is 69.6 Å². The molecule has 0 amide bonds. The van der Waals surface area contributed by atoms with E-state index >= 15 is 0 Å². The fraction of sp³-hybridized carbons (Fsp3) is 0.0526. The van der Waals surface area contributed by atoms with E-state index in [2.05, 4.69) is 5.16 Å². The first-order chi connectivity index (χ1) is 12.2. The molecule has 0 aliphatic rings. The lowest BCUT2D eigenvalue weighted by Gasteiger charge is -2.02. The number of furan rings is 1. The van der Waals surface area contributed by atoms with Crippen LogP contribution in [0, 0.1) is 5.82 Å². The Morgan fingerprint density at radius 2 is 1.84 bits per heavy atom. The standard InChI is InChI=1S/C19H12FNO4/c20-15-7-3-2-6-14(15)19(22)23-11-13-10-18(25-21-13)17-9-12-5-1-4-8-16(12)24-17/h1-10H,11H2. The van der Waals surface area contributed by atoms with E-state index in [4.69, 9.17) is 13.7 Å². The van der Waals surface area contributed by atoms with Crippen molar-refractivity contribution in [1.82, 2.24) is 5.16 Å². The number of hydrogen-bond acceptors (Lipinski definition) is 5. The summed E-state index contributed by atoms with van der Waals surface area (Å²) in [6.45, 7) is -0.128. The SMILES string of the molecule is O=C(OCc1cc(-c2cc3ccccc3o2)on1)c1ccccc1F. The minimum absolute atomic E-state index is 0.122. The highest BCUT2D eigenvalue weighted by atomic mass is 19.1. The number of esters is 1. The quantitative estimate of drug-likeness (QED) is 0.510. The van der Waals surface area contributed by atoms with Gasteiger partial charge in [0.05, 0.1) is 5.56 Å². The molecular formula is C19H12FNO4. The minimum Gasteiger partial charge on any atom is -0.455 e. The molecule has 4 aromatic rings. The number of hydrogen-bond donors (Lipinski definition) is 0. The Bertz CT molecular complexity index is 1020. The fourth-order valence-corrected chi connectivity index (χ4v) is 2.44. The number of carbonyl (C=O) groups excluding carboxylic acids is 1. The van der Waals surface area contributed by atoms with E-state index in [0.29, 0.717) is 17.2 Å². The molecular weight excluding hydrogens is 325 g/mol. The minimum atomic E-state index is -0.758. The van der Waals surface area contributed by atoms with Crippen molar-refractivity contribution in [2.24, 2.45) is 0 Å². The van der Waals surface area contributed by atoms with Crippen molar-refractivity contribution in [2.75, 3.05) is 0 Å². The average molecular weight is 337 g/mol.